The van der Waals surface area contributed by atoms with Crippen molar-refractivity contribution in [2.24, 2.45) is 0 Å². The van der Waals surface area contributed by atoms with Gasteiger partial charge in [0, 0.05) is 31.2 Å². The van der Waals surface area contributed by atoms with Gasteiger partial charge in [-0.2, -0.15) is 0 Å². The predicted octanol–water partition coefficient (Wildman–Crippen LogP) is 2.55. The summed E-state index contributed by atoms with van der Waals surface area (Å²) in [6.07, 6.45) is 1.61. The fourth-order valence-corrected chi connectivity index (χ4v) is 2.95. The first-order chi connectivity index (χ1) is 13.2. The lowest BCUT2D eigenvalue weighted by Crippen LogP contribution is -2.41. The summed E-state index contributed by atoms with van der Waals surface area (Å²) in [7, 11) is 1.59. The summed E-state index contributed by atoms with van der Waals surface area (Å²) in [5.74, 6) is 0.486. The number of carbonyl (C=O) groups is 1. The van der Waals surface area contributed by atoms with Crippen LogP contribution in [0.25, 0.3) is 0 Å². The van der Waals surface area contributed by atoms with Crippen LogP contribution in [-0.2, 0) is 4.74 Å². The van der Waals surface area contributed by atoms with Gasteiger partial charge in [0.25, 0.3) is 5.91 Å². The van der Waals surface area contributed by atoms with E-state index in [4.69, 9.17) is 21.1 Å². The van der Waals surface area contributed by atoms with E-state index in [0.717, 1.165) is 44.2 Å². The highest BCUT2D eigenvalue weighted by Crippen LogP contribution is 2.30. The van der Waals surface area contributed by atoms with E-state index < -0.39 is 0 Å². The fourth-order valence-electron chi connectivity index (χ4n) is 2.78. The molecule has 27 heavy (non-hydrogen) atoms. The monoisotopic (exact) mass is 390 g/mol. The predicted molar refractivity (Wildman–Crippen MR) is 105 cm³/mol. The number of hydrogen-bond donors (Lipinski definition) is 2. The number of nitrogens with zero attached hydrogens (tertiary/aromatic N) is 2. The first-order valence-corrected chi connectivity index (χ1v) is 9.18. The molecule has 0 aliphatic carbocycles. The lowest BCUT2D eigenvalue weighted by atomic mass is 10.2. The maximum Gasteiger partial charge on any atom is 0.269 e. The standard InChI is InChI=1S/C19H23ClN4O3/c1-26-18-5-2-14(20)12-17(18)23-15-3-4-16(22-13-15)19(25)21-6-7-24-8-10-27-11-9-24/h2-5,12-13,23H,6-11H2,1H3,(H,21,25). The van der Waals surface area contributed by atoms with Gasteiger partial charge in [0.05, 0.1) is 37.9 Å². The number of morpholine rings is 1. The van der Waals surface area contributed by atoms with Crippen LogP contribution in [0.4, 0.5) is 11.4 Å². The van der Waals surface area contributed by atoms with Crippen LogP contribution in [0, 0.1) is 0 Å². The molecule has 2 N–H and O–H groups in total. The molecule has 1 amide bonds. The van der Waals surface area contributed by atoms with Gasteiger partial charge in [0.2, 0.25) is 0 Å². The number of rotatable bonds is 7. The molecule has 0 atom stereocenters. The van der Waals surface area contributed by atoms with Crippen molar-refractivity contribution in [3.63, 3.8) is 0 Å². The summed E-state index contributed by atoms with van der Waals surface area (Å²) < 4.78 is 10.6. The summed E-state index contributed by atoms with van der Waals surface area (Å²) in [6, 6.07) is 8.79. The molecule has 0 radical (unpaired) electrons. The Labute approximate surface area is 163 Å². The largest absolute Gasteiger partial charge is 0.495 e. The van der Waals surface area contributed by atoms with E-state index >= 15 is 0 Å². The Morgan fingerprint density at radius 3 is 2.81 bits per heavy atom. The minimum Gasteiger partial charge on any atom is -0.495 e. The minimum atomic E-state index is -0.185. The van der Waals surface area contributed by atoms with Crippen molar-refractivity contribution in [2.45, 2.75) is 0 Å². The SMILES string of the molecule is COc1ccc(Cl)cc1Nc1ccc(C(=O)NCCN2CCOCC2)nc1. The van der Waals surface area contributed by atoms with Gasteiger partial charge in [-0.05, 0) is 30.3 Å². The number of nitrogens with one attached hydrogen (secondary N) is 2. The Bertz CT molecular complexity index is 764. The van der Waals surface area contributed by atoms with Crippen molar-refractivity contribution in [1.29, 1.82) is 0 Å². The second kappa shape index (κ2) is 9.55. The number of benzene rings is 1. The lowest BCUT2D eigenvalue weighted by Gasteiger charge is -2.26. The van der Waals surface area contributed by atoms with Crippen molar-refractivity contribution >= 4 is 28.9 Å². The quantitative estimate of drug-likeness (QED) is 0.756. The molecular weight excluding hydrogens is 368 g/mol. The van der Waals surface area contributed by atoms with E-state index in [-0.39, 0.29) is 5.91 Å². The third kappa shape index (κ3) is 5.56. The van der Waals surface area contributed by atoms with Crippen LogP contribution in [0.2, 0.25) is 5.02 Å². The minimum absolute atomic E-state index is 0.185. The molecule has 3 rings (SSSR count). The molecule has 1 aromatic heterocycles. The number of methoxy groups -OCH3 is 1. The van der Waals surface area contributed by atoms with E-state index in [1.165, 1.54) is 0 Å². The van der Waals surface area contributed by atoms with Crippen LogP contribution < -0.4 is 15.4 Å². The van der Waals surface area contributed by atoms with E-state index in [1.807, 2.05) is 0 Å². The Kier molecular flexibility index (Phi) is 6.86. The van der Waals surface area contributed by atoms with Crippen LogP contribution in [0.1, 0.15) is 10.5 Å². The molecule has 2 heterocycles. The zero-order chi connectivity index (χ0) is 19.1. The third-order valence-corrected chi connectivity index (χ3v) is 4.49. The Morgan fingerprint density at radius 1 is 1.30 bits per heavy atom. The molecule has 0 saturated carbocycles. The van der Waals surface area contributed by atoms with Gasteiger partial charge in [0.15, 0.2) is 0 Å². The molecule has 0 spiro atoms. The molecule has 144 valence electrons. The molecule has 0 bridgehead atoms. The van der Waals surface area contributed by atoms with Crippen molar-refractivity contribution in [3.8, 4) is 5.75 Å². The fraction of sp³-hybridized carbons (Fsp3) is 0.368. The maximum absolute atomic E-state index is 12.2. The van der Waals surface area contributed by atoms with Crippen LogP contribution in [0.5, 0.6) is 5.75 Å². The molecule has 2 aromatic rings. The zero-order valence-electron chi connectivity index (χ0n) is 15.2. The molecule has 1 saturated heterocycles. The smallest absolute Gasteiger partial charge is 0.269 e. The number of anilines is 2. The molecule has 1 aromatic carbocycles. The molecular formula is C19H23ClN4O3. The van der Waals surface area contributed by atoms with Crippen molar-refractivity contribution in [2.75, 3.05) is 51.8 Å². The first kappa shape index (κ1) is 19.4. The Balaban J connectivity index is 1.53. The van der Waals surface area contributed by atoms with Gasteiger partial charge in [0.1, 0.15) is 11.4 Å². The average Bonchev–Trinajstić information content (AvgIpc) is 2.69. The second-order valence-corrected chi connectivity index (χ2v) is 6.55. The maximum atomic E-state index is 12.2. The normalized spacial score (nSPS) is 14.6. The highest BCUT2D eigenvalue weighted by atomic mass is 35.5. The molecule has 1 aliphatic heterocycles. The van der Waals surface area contributed by atoms with E-state index in [0.29, 0.717) is 23.0 Å². The lowest BCUT2D eigenvalue weighted by molar-refractivity contribution is 0.0383. The summed E-state index contributed by atoms with van der Waals surface area (Å²) in [5, 5.41) is 6.69. The van der Waals surface area contributed by atoms with Gasteiger partial charge < -0.3 is 20.1 Å². The molecule has 0 unspecified atom stereocenters. The summed E-state index contributed by atoms with van der Waals surface area (Å²) >= 11 is 6.04. The Hall–Kier alpha value is -2.35. The van der Waals surface area contributed by atoms with Gasteiger partial charge in [-0.25, -0.2) is 4.98 Å². The van der Waals surface area contributed by atoms with Crippen molar-refractivity contribution in [3.05, 3.63) is 47.2 Å². The van der Waals surface area contributed by atoms with Gasteiger partial charge in [-0.15, -0.1) is 0 Å². The highest BCUT2D eigenvalue weighted by Gasteiger charge is 2.12. The van der Waals surface area contributed by atoms with E-state index in [9.17, 15) is 4.79 Å². The van der Waals surface area contributed by atoms with Crippen molar-refractivity contribution in [1.82, 2.24) is 15.2 Å². The number of carbonyl (C=O) groups excluding carboxylic acids is 1. The third-order valence-electron chi connectivity index (χ3n) is 4.25. The van der Waals surface area contributed by atoms with Crippen molar-refractivity contribution < 1.29 is 14.3 Å². The Morgan fingerprint density at radius 2 is 2.11 bits per heavy atom. The van der Waals surface area contributed by atoms with Gasteiger partial charge >= 0.3 is 0 Å². The number of amides is 1. The second-order valence-electron chi connectivity index (χ2n) is 6.11. The number of pyridine rings is 1. The van der Waals surface area contributed by atoms with E-state index in [2.05, 4.69) is 20.5 Å². The summed E-state index contributed by atoms with van der Waals surface area (Å²) in [5.41, 5.74) is 1.84. The number of halogens is 1. The van der Waals surface area contributed by atoms with Gasteiger partial charge in [-0.1, -0.05) is 11.6 Å². The first-order valence-electron chi connectivity index (χ1n) is 8.80. The summed E-state index contributed by atoms with van der Waals surface area (Å²) in [4.78, 5) is 18.7. The van der Waals surface area contributed by atoms with Crippen LogP contribution >= 0.6 is 11.6 Å². The number of ether oxygens (including phenoxy) is 2. The molecule has 7 nitrogen and oxygen atoms in total. The zero-order valence-corrected chi connectivity index (χ0v) is 16.0. The number of aromatic nitrogens is 1. The highest BCUT2D eigenvalue weighted by molar-refractivity contribution is 6.31. The molecule has 1 aliphatic rings. The average molecular weight is 391 g/mol. The van der Waals surface area contributed by atoms with Crippen LogP contribution in [0.15, 0.2) is 36.5 Å². The number of hydrogen-bond acceptors (Lipinski definition) is 6. The summed E-state index contributed by atoms with van der Waals surface area (Å²) in [6.45, 7) is 4.70. The molecule has 8 heteroatoms. The topological polar surface area (TPSA) is 75.7 Å². The van der Waals surface area contributed by atoms with Gasteiger partial charge in [-0.3, -0.25) is 9.69 Å². The van der Waals surface area contributed by atoms with Crippen LogP contribution in [-0.4, -0.2) is 62.3 Å². The van der Waals surface area contributed by atoms with E-state index in [1.54, 1.807) is 43.6 Å². The van der Waals surface area contributed by atoms with Crippen LogP contribution in [0.3, 0.4) is 0 Å². The molecule has 1 fully saturated rings.